The zero-order chi connectivity index (χ0) is 17.3. The molecule has 24 heavy (non-hydrogen) atoms. The van der Waals surface area contributed by atoms with E-state index in [0.29, 0.717) is 39.3 Å². The molecular formula is C15H28N4O4S. The molecule has 9 heteroatoms. The summed E-state index contributed by atoms with van der Waals surface area (Å²) < 4.78 is 34.3. The first kappa shape index (κ1) is 18.1. The maximum absolute atomic E-state index is 12.8. The molecule has 0 aliphatic carbocycles. The topological polar surface area (TPSA) is 82.2 Å². The van der Waals surface area contributed by atoms with Gasteiger partial charge in [-0.1, -0.05) is 0 Å². The van der Waals surface area contributed by atoms with E-state index in [1.54, 1.807) is 0 Å². The Bertz CT molecular complexity index is 546. The largest absolute Gasteiger partial charge is 0.373 e. The monoisotopic (exact) mass is 360 g/mol. The highest BCUT2D eigenvalue weighted by Gasteiger charge is 2.38. The van der Waals surface area contributed by atoms with Gasteiger partial charge in [0.2, 0.25) is 5.91 Å². The lowest BCUT2D eigenvalue weighted by molar-refractivity contribution is -0.136. The summed E-state index contributed by atoms with van der Waals surface area (Å²) in [4.78, 5) is 14.2. The van der Waals surface area contributed by atoms with Gasteiger partial charge in [0.25, 0.3) is 10.2 Å². The summed E-state index contributed by atoms with van der Waals surface area (Å²) in [6, 6.07) is 0. The van der Waals surface area contributed by atoms with Crippen molar-refractivity contribution in [1.29, 1.82) is 0 Å². The van der Waals surface area contributed by atoms with Gasteiger partial charge in [0.1, 0.15) is 0 Å². The number of amides is 1. The lowest BCUT2D eigenvalue weighted by Gasteiger charge is -2.40. The van der Waals surface area contributed by atoms with Gasteiger partial charge >= 0.3 is 0 Å². The van der Waals surface area contributed by atoms with E-state index >= 15 is 0 Å². The van der Waals surface area contributed by atoms with E-state index in [1.165, 1.54) is 8.61 Å². The standard InChI is InChI=1S/C15H28N4O4S/c1-12-10-19(11-13(2)23-12)24(21,22)18-7-5-17(6-8-18)15(20)14-3-4-16-9-14/h12-14,16H,3-11H2,1-2H3. The minimum absolute atomic E-state index is 0.0501. The van der Waals surface area contributed by atoms with Crippen LogP contribution in [0.15, 0.2) is 0 Å². The molecule has 0 bridgehead atoms. The fraction of sp³-hybridized carbons (Fsp3) is 0.933. The minimum Gasteiger partial charge on any atom is -0.373 e. The zero-order valence-corrected chi connectivity index (χ0v) is 15.3. The normalized spacial score (nSPS) is 33.8. The van der Waals surface area contributed by atoms with Crippen molar-refractivity contribution in [3.8, 4) is 0 Å². The molecule has 0 spiro atoms. The van der Waals surface area contributed by atoms with Crippen LogP contribution in [0.5, 0.6) is 0 Å². The molecule has 0 radical (unpaired) electrons. The second kappa shape index (κ2) is 7.25. The smallest absolute Gasteiger partial charge is 0.282 e. The highest BCUT2D eigenvalue weighted by atomic mass is 32.2. The van der Waals surface area contributed by atoms with Crippen LogP contribution >= 0.6 is 0 Å². The summed E-state index contributed by atoms with van der Waals surface area (Å²) in [5.41, 5.74) is 0. The van der Waals surface area contributed by atoms with E-state index in [-0.39, 0.29) is 24.0 Å². The summed E-state index contributed by atoms with van der Waals surface area (Å²) in [6.45, 7) is 7.88. The van der Waals surface area contributed by atoms with Crippen LogP contribution in [-0.2, 0) is 19.7 Å². The van der Waals surface area contributed by atoms with Crippen LogP contribution < -0.4 is 5.32 Å². The Labute approximate surface area is 144 Å². The molecule has 0 aromatic carbocycles. The predicted octanol–water partition coefficient (Wildman–Crippen LogP) is -0.906. The average molecular weight is 360 g/mol. The van der Waals surface area contributed by atoms with Crippen LogP contribution in [0.3, 0.4) is 0 Å². The van der Waals surface area contributed by atoms with Crippen molar-refractivity contribution in [3.63, 3.8) is 0 Å². The van der Waals surface area contributed by atoms with Crippen molar-refractivity contribution in [1.82, 2.24) is 18.8 Å². The molecular weight excluding hydrogens is 332 g/mol. The van der Waals surface area contributed by atoms with E-state index in [0.717, 1.165) is 19.5 Å². The summed E-state index contributed by atoms with van der Waals surface area (Å²) in [5.74, 6) is 0.208. The van der Waals surface area contributed by atoms with Crippen LogP contribution in [0.1, 0.15) is 20.3 Å². The SMILES string of the molecule is CC1CN(S(=O)(=O)N2CCN(C(=O)C3CCNC3)CC2)CC(C)O1. The fourth-order valence-corrected chi connectivity index (χ4v) is 5.49. The third-order valence-corrected chi connectivity index (χ3v) is 6.97. The van der Waals surface area contributed by atoms with Crippen LogP contribution in [0.4, 0.5) is 0 Å². The van der Waals surface area contributed by atoms with Gasteiger partial charge in [0.15, 0.2) is 0 Å². The van der Waals surface area contributed by atoms with Gasteiger partial charge in [-0.15, -0.1) is 0 Å². The number of carbonyl (C=O) groups excluding carboxylic acids is 1. The van der Waals surface area contributed by atoms with E-state index in [1.807, 2.05) is 18.7 Å². The van der Waals surface area contributed by atoms with Crippen molar-refractivity contribution >= 4 is 16.1 Å². The summed E-state index contributed by atoms with van der Waals surface area (Å²) in [5, 5.41) is 3.20. The van der Waals surface area contributed by atoms with Gasteiger partial charge in [0, 0.05) is 45.8 Å². The first-order valence-corrected chi connectivity index (χ1v) is 10.2. The zero-order valence-electron chi connectivity index (χ0n) is 14.5. The number of hydrogen-bond acceptors (Lipinski definition) is 5. The lowest BCUT2D eigenvalue weighted by atomic mass is 10.1. The first-order chi connectivity index (χ1) is 11.4. The van der Waals surface area contributed by atoms with Crippen LogP contribution in [-0.4, -0.2) is 92.4 Å². The molecule has 1 amide bonds. The number of piperazine rings is 1. The molecule has 3 aliphatic heterocycles. The maximum Gasteiger partial charge on any atom is 0.282 e. The van der Waals surface area contributed by atoms with Crippen molar-refractivity contribution in [3.05, 3.63) is 0 Å². The third kappa shape index (κ3) is 3.75. The van der Waals surface area contributed by atoms with Crippen molar-refractivity contribution < 1.29 is 17.9 Å². The van der Waals surface area contributed by atoms with Gasteiger partial charge in [-0.05, 0) is 26.8 Å². The van der Waals surface area contributed by atoms with Crippen LogP contribution in [0, 0.1) is 5.92 Å². The molecule has 8 nitrogen and oxygen atoms in total. The maximum atomic E-state index is 12.8. The number of carbonyl (C=O) groups is 1. The molecule has 3 rings (SSSR count). The van der Waals surface area contributed by atoms with E-state index in [4.69, 9.17) is 4.74 Å². The highest BCUT2D eigenvalue weighted by Crippen LogP contribution is 2.20. The second-order valence-corrected chi connectivity index (χ2v) is 8.92. The van der Waals surface area contributed by atoms with Gasteiger partial charge < -0.3 is 15.0 Å². The average Bonchev–Trinajstić information content (AvgIpc) is 3.08. The predicted molar refractivity (Wildman–Crippen MR) is 89.6 cm³/mol. The van der Waals surface area contributed by atoms with E-state index in [9.17, 15) is 13.2 Å². The van der Waals surface area contributed by atoms with Crippen LogP contribution in [0.2, 0.25) is 0 Å². The number of morpholine rings is 1. The summed E-state index contributed by atoms with van der Waals surface area (Å²) in [7, 11) is -3.48. The molecule has 3 heterocycles. The van der Waals surface area contributed by atoms with Crippen LogP contribution in [0.25, 0.3) is 0 Å². The molecule has 3 saturated heterocycles. The molecule has 1 N–H and O–H groups in total. The Morgan fingerprint density at radius 2 is 1.67 bits per heavy atom. The van der Waals surface area contributed by atoms with Gasteiger partial charge in [-0.2, -0.15) is 17.0 Å². The van der Waals surface area contributed by atoms with E-state index < -0.39 is 10.2 Å². The number of rotatable bonds is 3. The Hall–Kier alpha value is -0.740. The number of nitrogens with one attached hydrogen (secondary N) is 1. The Balaban J connectivity index is 1.58. The molecule has 0 aromatic rings. The fourth-order valence-electron chi connectivity index (χ4n) is 3.75. The Kier molecular flexibility index (Phi) is 5.45. The molecule has 138 valence electrons. The number of ether oxygens (including phenoxy) is 1. The van der Waals surface area contributed by atoms with Crippen molar-refractivity contribution in [2.45, 2.75) is 32.5 Å². The minimum atomic E-state index is -3.48. The molecule has 3 fully saturated rings. The molecule has 3 unspecified atom stereocenters. The number of nitrogens with zero attached hydrogens (tertiary/aromatic N) is 3. The summed E-state index contributed by atoms with van der Waals surface area (Å²) >= 11 is 0. The molecule has 3 aliphatic rings. The van der Waals surface area contributed by atoms with Crippen molar-refractivity contribution in [2.75, 3.05) is 52.4 Å². The van der Waals surface area contributed by atoms with Gasteiger partial charge in [-0.3, -0.25) is 4.79 Å². The van der Waals surface area contributed by atoms with E-state index in [2.05, 4.69) is 5.32 Å². The quantitative estimate of drug-likeness (QED) is 0.705. The number of hydrogen-bond donors (Lipinski definition) is 1. The molecule has 3 atom stereocenters. The van der Waals surface area contributed by atoms with Crippen molar-refractivity contribution in [2.24, 2.45) is 5.92 Å². The Morgan fingerprint density at radius 1 is 1.04 bits per heavy atom. The van der Waals surface area contributed by atoms with Gasteiger partial charge in [-0.25, -0.2) is 0 Å². The van der Waals surface area contributed by atoms with Gasteiger partial charge in [0.05, 0.1) is 18.1 Å². The molecule has 0 aromatic heterocycles. The lowest BCUT2D eigenvalue weighted by Crippen LogP contribution is -2.58. The third-order valence-electron chi connectivity index (χ3n) is 5.00. The second-order valence-electron chi connectivity index (χ2n) is 7.00. The Morgan fingerprint density at radius 3 is 2.21 bits per heavy atom. The first-order valence-electron chi connectivity index (χ1n) is 8.78. The highest BCUT2D eigenvalue weighted by molar-refractivity contribution is 7.86. The molecule has 0 saturated carbocycles. The summed E-state index contributed by atoms with van der Waals surface area (Å²) in [6.07, 6.45) is 0.684.